The number of nitrogens with one attached hydrogen (secondary N) is 1. The zero-order valence-electron chi connectivity index (χ0n) is 18.9. The Labute approximate surface area is 188 Å². The van der Waals surface area contributed by atoms with E-state index in [2.05, 4.69) is 16.5 Å². The number of aromatic nitrogens is 2. The SMILES string of the molecule is Cc1cc(C)n(CCCC(=O)N2CCOC(C(=O)NCc3ccc4c(c3)CCCO4)C2)n1. The first-order chi connectivity index (χ1) is 15.5. The molecule has 8 nitrogen and oxygen atoms in total. The number of fused-ring (bicyclic) bond motifs is 1. The third kappa shape index (κ3) is 5.48. The van der Waals surface area contributed by atoms with Gasteiger partial charge in [-0.05, 0) is 56.4 Å². The summed E-state index contributed by atoms with van der Waals surface area (Å²) in [5.74, 6) is 0.815. The summed E-state index contributed by atoms with van der Waals surface area (Å²) in [6, 6.07) is 8.07. The van der Waals surface area contributed by atoms with Crippen LogP contribution in [0.25, 0.3) is 0 Å². The van der Waals surface area contributed by atoms with Gasteiger partial charge in [-0.25, -0.2) is 0 Å². The topological polar surface area (TPSA) is 85.7 Å². The second kappa shape index (κ2) is 10.2. The molecule has 0 spiro atoms. The molecule has 3 heterocycles. The van der Waals surface area contributed by atoms with E-state index in [1.807, 2.05) is 36.7 Å². The molecule has 1 fully saturated rings. The summed E-state index contributed by atoms with van der Waals surface area (Å²) in [7, 11) is 0. The molecular formula is C24H32N4O4. The van der Waals surface area contributed by atoms with Crippen molar-refractivity contribution in [1.82, 2.24) is 20.0 Å². The van der Waals surface area contributed by atoms with Crippen LogP contribution in [0.15, 0.2) is 24.3 Å². The molecule has 1 aromatic carbocycles. The standard InChI is InChI=1S/C24H32N4O4/c1-17-13-18(2)28(26-17)9-3-6-23(29)27-10-12-32-22(16-27)24(30)25-15-19-7-8-21-20(14-19)5-4-11-31-21/h7-8,13-14,22H,3-6,9-12,15-16H2,1-2H3,(H,25,30). The van der Waals surface area contributed by atoms with E-state index >= 15 is 0 Å². The summed E-state index contributed by atoms with van der Waals surface area (Å²) in [6.07, 6.45) is 2.54. The molecule has 1 aromatic heterocycles. The monoisotopic (exact) mass is 440 g/mol. The Morgan fingerprint density at radius 3 is 2.91 bits per heavy atom. The Kier molecular flexibility index (Phi) is 7.09. The summed E-state index contributed by atoms with van der Waals surface area (Å²) in [5, 5.41) is 7.39. The maximum atomic E-state index is 12.7. The number of rotatable bonds is 7. The van der Waals surface area contributed by atoms with Crippen molar-refractivity contribution < 1.29 is 19.1 Å². The van der Waals surface area contributed by atoms with Gasteiger partial charge in [-0.2, -0.15) is 5.10 Å². The van der Waals surface area contributed by atoms with Crippen LogP contribution < -0.4 is 10.1 Å². The predicted octanol–water partition coefficient (Wildman–Crippen LogP) is 2.15. The first-order valence-corrected chi connectivity index (χ1v) is 11.4. The Hall–Kier alpha value is -2.87. The van der Waals surface area contributed by atoms with E-state index in [9.17, 15) is 9.59 Å². The van der Waals surface area contributed by atoms with E-state index in [1.165, 1.54) is 5.56 Å². The molecule has 1 unspecified atom stereocenters. The molecule has 0 aliphatic carbocycles. The number of benzene rings is 1. The summed E-state index contributed by atoms with van der Waals surface area (Å²) >= 11 is 0. The highest BCUT2D eigenvalue weighted by Gasteiger charge is 2.29. The fraction of sp³-hybridized carbons (Fsp3) is 0.542. The minimum Gasteiger partial charge on any atom is -0.493 e. The van der Waals surface area contributed by atoms with Crippen LogP contribution in [0.5, 0.6) is 5.75 Å². The van der Waals surface area contributed by atoms with Crippen LogP contribution in [0.1, 0.15) is 41.8 Å². The van der Waals surface area contributed by atoms with Gasteiger partial charge in [0.1, 0.15) is 5.75 Å². The van der Waals surface area contributed by atoms with E-state index in [4.69, 9.17) is 9.47 Å². The largest absolute Gasteiger partial charge is 0.493 e. The van der Waals surface area contributed by atoms with Gasteiger partial charge in [0.2, 0.25) is 5.91 Å². The third-order valence-corrected chi connectivity index (χ3v) is 6.02. The predicted molar refractivity (Wildman–Crippen MR) is 119 cm³/mol. The van der Waals surface area contributed by atoms with Crippen molar-refractivity contribution in [3.05, 3.63) is 46.8 Å². The molecule has 2 aromatic rings. The van der Waals surface area contributed by atoms with E-state index < -0.39 is 6.10 Å². The number of hydrogen-bond donors (Lipinski definition) is 1. The van der Waals surface area contributed by atoms with Gasteiger partial charge in [0.05, 0.1) is 25.5 Å². The number of ether oxygens (including phenoxy) is 2. The summed E-state index contributed by atoms with van der Waals surface area (Å²) in [6.45, 7) is 7.08. The fourth-order valence-corrected chi connectivity index (χ4v) is 4.30. The molecule has 4 rings (SSSR count). The lowest BCUT2D eigenvalue weighted by molar-refractivity contribution is -0.147. The van der Waals surface area contributed by atoms with Crippen LogP contribution in [0.3, 0.4) is 0 Å². The first kappa shape index (κ1) is 22.3. The van der Waals surface area contributed by atoms with Gasteiger partial charge in [0.15, 0.2) is 6.10 Å². The summed E-state index contributed by atoms with van der Waals surface area (Å²) in [4.78, 5) is 27.1. The Balaban J connectivity index is 1.23. The van der Waals surface area contributed by atoms with Crippen molar-refractivity contribution >= 4 is 11.8 Å². The van der Waals surface area contributed by atoms with Crippen LogP contribution in [0.4, 0.5) is 0 Å². The van der Waals surface area contributed by atoms with Gasteiger partial charge in [-0.15, -0.1) is 0 Å². The Morgan fingerprint density at radius 2 is 2.09 bits per heavy atom. The van der Waals surface area contributed by atoms with Crippen LogP contribution in [0, 0.1) is 13.8 Å². The summed E-state index contributed by atoms with van der Waals surface area (Å²) in [5.41, 5.74) is 4.31. The van der Waals surface area contributed by atoms with Gasteiger partial charge < -0.3 is 19.7 Å². The lowest BCUT2D eigenvalue weighted by Gasteiger charge is -2.32. The lowest BCUT2D eigenvalue weighted by Crippen LogP contribution is -2.51. The van der Waals surface area contributed by atoms with Gasteiger partial charge in [-0.1, -0.05) is 12.1 Å². The number of aryl methyl sites for hydroxylation is 4. The van der Waals surface area contributed by atoms with E-state index in [1.54, 1.807) is 4.90 Å². The minimum absolute atomic E-state index is 0.0577. The number of nitrogens with zero attached hydrogens (tertiary/aromatic N) is 3. The minimum atomic E-state index is -0.635. The highest BCUT2D eigenvalue weighted by molar-refractivity contribution is 5.83. The molecule has 1 N–H and O–H groups in total. The highest BCUT2D eigenvalue weighted by atomic mass is 16.5. The molecule has 2 aliphatic heterocycles. The molecule has 1 atom stereocenters. The molecule has 172 valence electrons. The molecular weight excluding hydrogens is 408 g/mol. The second-order valence-electron chi connectivity index (χ2n) is 8.56. The fourth-order valence-electron chi connectivity index (χ4n) is 4.30. The zero-order valence-corrected chi connectivity index (χ0v) is 18.9. The smallest absolute Gasteiger partial charge is 0.251 e. The molecule has 0 radical (unpaired) electrons. The maximum Gasteiger partial charge on any atom is 0.251 e. The molecule has 0 saturated carbocycles. The van der Waals surface area contributed by atoms with Gasteiger partial charge in [0, 0.05) is 31.7 Å². The van der Waals surface area contributed by atoms with Crippen molar-refractivity contribution in [3.8, 4) is 5.75 Å². The molecule has 2 aliphatic rings. The molecule has 8 heteroatoms. The van der Waals surface area contributed by atoms with E-state index in [-0.39, 0.29) is 11.8 Å². The summed E-state index contributed by atoms with van der Waals surface area (Å²) < 4.78 is 13.2. The number of morpholine rings is 1. The highest BCUT2D eigenvalue weighted by Crippen LogP contribution is 2.25. The van der Waals surface area contributed by atoms with Crippen LogP contribution in [0.2, 0.25) is 0 Å². The van der Waals surface area contributed by atoms with Crippen LogP contribution in [-0.2, 0) is 33.8 Å². The molecule has 1 saturated heterocycles. The van der Waals surface area contributed by atoms with Crippen molar-refractivity contribution in [3.63, 3.8) is 0 Å². The number of carbonyl (C=O) groups excluding carboxylic acids is 2. The number of hydrogen-bond acceptors (Lipinski definition) is 5. The van der Waals surface area contributed by atoms with Crippen LogP contribution in [-0.4, -0.2) is 58.9 Å². The van der Waals surface area contributed by atoms with Gasteiger partial charge in [-0.3, -0.25) is 14.3 Å². The number of carbonyl (C=O) groups is 2. The quantitative estimate of drug-likeness (QED) is 0.713. The normalized spacial score (nSPS) is 18.1. The maximum absolute atomic E-state index is 12.7. The Bertz CT molecular complexity index is 971. The average molecular weight is 441 g/mol. The van der Waals surface area contributed by atoms with E-state index in [0.717, 1.165) is 48.6 Å². The van der Waals surface area contributed by atoms with E-state index in [0.29, 0.717) is 39.2 Å². The second-order valence-corrected chi connectivity index (χ2v) is 8.56. The van der Waals surface area contributed by atoms with Crippen molar-refractivity contribution in [2.24, 2.45) is 0 Å². The van der Waals surface area contributed by atoms with Crippen molar-refractivity contribution in [1.29, 1.82) is 0 Å². The first-order valence-electron chi connectivity index (χ1n) is 11.4. The van der Waals surface area contributed by atoms with Crippen molar-refractivity contribution in [2.45, 2.75) is 58.7 Å². The zero-order chi connectivity index (χ0) is 22.5. The van der Waals surface area contributed by atoms with Gasteiger partial charge in [0.25, 0.3) is 5.91 Å². The Morgan fingerprint density at radius 1 is 1.22 bits per heavy atom. The number of amides is 2. The third-order valence-electron chi connectivity index (χ3n) is 6.02. The van der Waals surface area contributed by atoms with Crippen molar-refractivity contribution in [2.75, 3.05) is 26.3 Å². The molecule has 32 heavy (non-hydrogen) atoms. The average Bonchev–Trinajstić information content (AvgIpc) is 3.14. The van der Waals surface area contributed by atoms with Crippen LogP contribution >= 0.6 is 0 Å². The molecule has 0 bridgehead atoms. The molecule has 2 amide bonds. The lowest BCUT2D eigenvalue weighted by atomic mass is 10.0. The van der Waals surface area contributed by atoms with Gasteiger partial charge >= 0.3 is 0 Å².